The van der Waals surface area contributed by atoms with Gasteiger partial charge in [0.05, 0.1) is 10.5 Å². The second-order valence-corrected chi connectivity index (χ2v) is 7.28. The van der Waals surface area contributed by atoms with Crippen LogP contribution in [0.2, 0.25) is 0 Å². The zero-order valence-corrected chi connectivity index (χ0v) is 14.1. The zero-order chi connectivity index (χ0) is 16.0. The number of thioether (sulfide) groups is 1. The Kier molecular flexibility index (Phi) is 6.70. The number of nitrogens with one attached hydrogen (secondary N) is 1. The molecule has 0 saturated heterocycles. The molecule has 21 heavy (non-hydrogen) atoms. The smallest absolute Gasteiger partial charge is 0.336 e. The number of aryl methyl sites for hydroxylation is 1. The lowest BCUT2D eigenvalue weighted by atomic mass is 10.1. The summed E-state index contributed by atoms with van der Waals surface area (Å²) in [7, 11) is -3.70. The van der Waals surface area contributed by atoms with Crippen molar-refractivity contribution in [2.45, 2.75) is 37.6 Å². The molecule has 1 unspecified atom stereocenters. The number of aromatic carboxylic acids is 1. The van der Waals surface area contributed by atoms with Crippen LogP contribution in [0.4, 0.5) is 0 Å². The number of sulfonamides is 1. The van der Waals surface area contributed by atoms with E-state index in [4.69, 9.17) is 0 Å². The summed E-state index contributed by atoms with van der Waals surface area (Å²) in [6.07, 6.45) is 3.13. The van der Waals surface area contributed by atoms with Gasteiger partial charge in [-0.15, -0.1) is 0 Å². The number of hydrogen-bond donors (Lipinski definition) is 2. The van der Waals surface area contributed by atoms with E-state index in [1.54, 1.807) is 17.8 Å². The summed E-state index contributed by atoms with van der Waals surface area (Å²) in [5, 5.41) is 9.18. The maximum absolute atomic E-state index is 12.3. The lowest BCUT2D eigenvalue weighted by molar-refractivity contribution is 0.0695. The van der Waals surface area contributed by atoms with E-state index in [1.807, 2.05) is 20.1 Å². The quantitative estimate of drug-likeness (QED) is 0.764. The monoisotopic (exact) mass is 331 g/mol. The Labute approximate surface area is 130 Å². The second kappa shape index (κ2) is 7.82. The average molecular weight is 331 g/mol. The van der Waals surface area contributed by atoms with Crippen LogP contribution in [0.25, 0.3) is 0 Å². The Bertz CT molecular complexity index is 599. The predicted molar refractivity (Wildman–Crippen MR) is 85.6 cm³/mol. The minimum absolute atomic E-state index is 0.00310. The van der Waals surface area contributed by atoms with Crippen molar-refractivity contribution in [2.24, 2.45) is 0 Å². The summed E-state index contributed by atoms with van der Waals surface area (Å²) in [5.41, 5.74) is 0.663. The lowest BCUT2D eigenvalue weighted by Crippen LogP contribution is -2.36. The minimum atomic E-state index is -3.70. The van der Waals surface area contributed by atoms with Gasteiger partial charge in [-0.1, -0.05) is 19.9 Å². The number of rotatable bonds is 8. The normalized spacial score (nSPS) is 13.1. The molecule has 1 aromatic rings. The highest BCUT2D eigenvalue weighted by Gasteiger charge is 2.21. The molecule has 1 rings (SSSR count). The van der Waals surface area contributed by atoms with E-state index in [9.17, 15) is 18.3 Å². The molecular weight excluding hydrogens is 310 g/mol. The van der Waals surface area contributed by atoms with Crippen LogP contribution in [0.1, 0.15) is 36.2 Å². The third kappa shape index (κ3) is 4.72. The first kappa shape index (κ1) is 18.0. The van der Waals surface area contributed by atoms with Crippen molar-refractivity contribution in [3.05, 3.63) is 29.3 Å². The van der Waals surface area contributed by atoms with Crippen LogP contribution < -0.4 is 4.72 Å². The molecule has 118 valence electrons. The van der Waals surface area contributed by atoms with Crippen LogP contribution in [-0.2, 0) is 16.4 Å². The molecule has 0 aliphatic rings. The van der Waals surface area contributed by atoms with Gasteiger partial charge in [-0.2, -0.15) is 11.8 Å². The molecule has 0 saturated carbocycles. The van der Waals surface area contributed by atoms with Gasteiger partial charge in [0, 0.05) is 11.8 Å². The van der Waals surface area contributed by atoms with Crippen molar-refractivity contribution in [2.75, 3.05) is 12.0 Å². The maximum Gasteiger partial charge on any atom is 0.336 e. The van der Waals surface area contributed by atoms with E-state index in [-0.39, 0.29) is 16.5 Å². The van der Waals surface area contributed by atoms with E-state index in [0.29, 0.717) is 24.2 Å². The third-order valence-corrected chi connectivity index (χ3v) is 5.44. The van der Waals surface area contributed by atoms with E-state index < -0.39 is 16.0 Å². The molecule has 0 bridgehead atoms. The SMILES string of the molecule is CCc1ccc(S(=O)(=O)NC(CC)CSC)cc1C(=O)O. The summed E-state index contributed by atoms with van der Waals surface area (Å²) in [6.45, 7) is 3.74. The molecule has 0 spiro atoms. The highest BCUT2D eigenvalue weighted by Crippen LogP contribution is 2.18. The van der Waals surface area contributed by atoms with Gasteiger partial charge in [0.2, 0.25) is 10.0 Å². The topological polar surface area (TPSA) is 83.5 Å². The Morgan fingerprint density at radius 2 is 2.05 bits per heavy atom. The molecule has 0 fully saturated rings. The first-order valence-electron chi connectivity index (χ1n) is 6.73. The number of carboxylic acids is 1. The zero-order valence-electron chi connectivity index (χ0n) is 12.4. The predicted octanol–water partition coefficient (Wildman–Crippen LogP) is 2.37. The van der Waals surface area contributed by atoms with Crippen LogP contribution in [-0.4, -0.2) is 37.5 Å². The van der Waals surface area contributed by atoms with Gasteiger partial charge in [0.25, 0.3) is 0 Å². The van der Waals surface area contributed by atoms with Gasteiger partial charge in [-0.25, -0.2) is 17.9 Å². The third-order valence-electron chi connectivity index (χ3n) is 3.19. The molecule has 0 aliphatic heterocycles. The summed E-state index contributed by atoms with van der Waals surface area (Å²) >= 11 is 1.56. The Morgan fingerprint density at radius 1 is 1.38 bits per heavy atom. The Morgan fingerprint density at radius 3 is 2.52 bits per heavy atom. The van der Waals surface area contributed by atoms with Crippen molar-refractivity contribution in [3.8, 4) is 0 Å². The molecule has 0 heterocycles. The summed E-state index contributed by atoms with van der Waals surface area (Å²) in [5.74, 6) is -0.436. The first-order chi connectivity index (χ1) is 9.85. The van der Waals surface area contributed by atoms with Crippen molar-refractivity contribution in [1.82, 2.24) is 4.72 Å². The van der Waals surface area contributed by atoms with Gasteiger partial charge < -0.3 is 5.11 Å². The van der Waals surface area contributed by atoms with Gasteiger partial charge in [0.1, 0.15) is 0 Å². The maximum atomic E-state index is 12.3. The fourth-order valence-electron chi connectivity index (χ4n) is 1.95. The largest absolute Gasteiger partial charge is 0.478 e. The number of carboxylic acid groups (broad SMARTS) is 1. The van der Waals surface area contributed by atoms with Crippen LogP contribution in [0, 0.1) is 0 Å². The van der Waals surface area contributed by atoms with E-state index >= 15 is 0 Å². The number of carbonyl (C=O) groups is 1. The lowest BCUT2D eigenvalue weighted by Gasteiger charge is -2.16. The van der Waals surface area contributed by atoms with Gasteiger partial charge in [-0.3, -0.25) is 0 Å². The first-order valence-corrected chi connectivity index (χ1v) is 9.60. The summed E-state index contributed by atoms with van der Waals surface area (Å²) in [4.78, 5) is 11.2. The van der Waals surface area contributed by atoms with Gasteiger partial charge >= 0.3 is 5.97 Å². The molecular formula is C14H21NO4S2. The standard InChI is InChI=1S/C14H21NO4S2/c1-4-10-6-7-12(8-13(10)14(16)17)21(18,19)15-11(5-2)9-20-3/h6-8,11,15H,4-5,9H2,1-3H3,(H,16,17). The molecule has 0 aliphatic carbocycles. The molecule has 1 atom stereocenters. The average Bonchev–Trinajstić information content (AvgIpc) is 2.45. The summed E-state index contributed by atoms with van der Waals surface area (Å²) < 4.78 is 27.3. The number of hydrogen-bond acceptors (Lipinski definition) is 4. The molecule has 1 aromatic carbocycles. The molecule has 2 N–H and O–H groups in total. The van der Waals surface area contributed by atoms with Crippen LogP contribution in [0.15, 0.2) is 23.1 Å². The van der Waals surface area contributed by atoms with Crippen molar-refractivity contribution < 1.29 is 18.3 Å². The highest BCUT2D eigenvalue weighted by atomic mass is 32.2. The van der Waals surface area contributed by atoms with Crippen LogP contribution in [0.5, 0.6) is 0 Å². The van der Waals surface area contributed by atoms with Gasteiger partial charge in [-0.05, 0) is 36.8 Å². The van der Waals surface area contributed by atoms with E-state index in [2.05, 4.69) is 4.72 Å². The van der Waals surface area contributed by atoms with Crippen molar-refractivity contribution in [3.63, 3.8) is 0 Å². The van der Waals surface area contributed by atoms with Crippen molar-refractivity contribution in [1.29, 1.82) is 0 Å². The van der Waals surface area contributed by atoms with Crippen LogP contribution >= 0.6 is 11.8 Å². The fourth-order valence-corrected chi connectivity index (χ4v) is 4.13. The van der Waals surface area contributed by atoms with Crippen LogP contribution in [0.3, 0.4) is 0 Å². The Hall–Kier alpha value is -1.05. The summed E-state index contributed by atoms with van der Waals surface area (Å²) in [6, 6.07) is 4.09. The number of benzene rings is 1. The second-order valence-electron chi connectivity index (χ2n) is 4.66. The molecule has 0 amide bonds. The molecule has 0 aromatic heterocycles. The van der Waals surface area contributed by atoms with E-state index in [1.165, 1.54) is 12.1 Å². The Balaban J connectivity index is 3.14. The fraction of sp³-hybridized carbons (Fsp3) is 0.500. The minimum Gasteiger partial charge on any atom is -0.478 e. The van der Waals surface area contributed by atoms with Gasteiger partial charge in [0.15, 0.2) is 0 Å². The van der Waals surface area contributed by atoms with Crippen molar-refractivity contribution >= 4 is 27.8 Å². The molecule has 0 radical (unpaired) electrons. The molecule has 5 nitrogen and oxygen atoms in total. The highest BCUT2D eigenvalue weighted by molar-refractivity contribution is 7.98. The molecule has 7 heteroatoms. The van der Waals surface area contributed by atoms with E-state index in [0.717, 1.165) is 0 Å².